The van der Waals surface area contributed by atoms with Gasteiger partial charge in [-0.25, -0.2) is 4.79 Å². The highest BCUT2D eigenvalue weighted by atomic mass is 16.2. The second-order valence-corrected chi connectivity index (χ2v) is 7.10. The number of benzene rings is 2. The molecule has 27 heavy (non-hydrogen) atoms. The molecular weight excluding hydrogens is 340 g/mol. The second kappa shape index (κ2) is 6.87. The van der Waals surface area contributed by atoms with Crippen molar-refractivity contribution in [2.45, 2.75) is 25.4 Å². The van der Waals surface area contributed by atoms with Gasteiger partial charge in [0.05, 0.1) is 0 Å². The van der Waals surface area contributed by atoms with Gasteiger partial charge in [0.25, 0.3) is 5.91 Å². The molecule has 0 radical (unpaired) electrons. The standard InChI is InChI=1S/C21H22N4O2/c1-15-7-9-16(10-8-15)18-19(26)24-21(23-18)11-13-25(14-12-21)20(27)22-17-5-3-2-4-6-17/h2-10H,11-14H2,1H3,(H,22,27)(H,24,26). The Kier molecular flexibility index (Phi) is 4.39. The second-order valence-electron chi connectivity index (χ2n) is 7.10. The zero-order valence-corrected chi connectivity index (χ0v) is 15.2. The van der Waals surface area contributed by atoms with Gasteiger partial charge in [-0.3, -0.25) is 9.79 Å². The summed E-state index contributed by atoms with van der Waals surface area (Å²) in [7, 11) is 0. The number of amides is 3. The third kappa shape index (κ3) is 3.56. The average molecular weight is 362 g/mol. The van der Waals surface area contributed by atoms with Gasteiger partial charge in [-0.05, 0) is 19.1 Å². The molecule has 1 spiro atoms. The van der Waals surface area contributed by atoms with E-state index in [1.807, 2.05) is 61.5 Å². The van der Waals surface area contributed by atoms with Gasteiger partial charge in [-0.2, -0.15) is 0 Å². The number of urea groups is 1. The van der Waals surface area contributed by atoms with Crippen LogP contribution in [0.5, 0.6) is 0 Å². The molecule has 0 saturated carbocycles. The molecule has 1 saturated heterocycles. The first kappa shape index (κ1) is 17.3. The van der Waals surface area contributed by atoms with Crippen LogP contribution in [0.25, 0.3) is 0 Å². The van der Waals surface area contributed by atoms with E-state index in [1.54, 1.807) is 4.90 Å². The Morgan fingerprint density at radius 2 is 1.74 bits per heavy atom. The maximum Gasteiger partial charge on any atom is 0.321 e. The van der Waals surface area contributed by atoms with Crippen LogP contribution in [0.3, 0.4) is 0 Å². The van der Waals surface area contributed by atoms with E-state index in [1.165, 1.54) is 0 Å². The minimum absolute atomic E-state index is 0.122. The third-order valence-corrected chi connectivity index (χ3v) is 5.11. The van der Waals surface area contributed by atoms with Crippen LogP contribution in [0, 0.1) is 6.92 Å². The van der Waals surface area contributed by atoms with Crippen molar-refractivity contribution in [1.82, 2.24) is 10.2 Å². The van der Waals surface area contributed by atoms with E-state index in [-0.39, 0.29) is 11.9 Å². The summed E-state index contributed by atoms with van der Waals surface area (Å²) in [5, 5.41) is 5.94. The lowest BCUT2D eigenvalue weighted by molar-refractivity contribution is -0.115. The maximum atomic E-state index is 12.5. The summed E-state index contributed by atoms with van der Waals surface area (Å²) in [4.78, 5) is 31.4. The normalized spacial score (nSPS) is 18.2. The lowest BCUT2D eigenvalue weighted by atomic mass is 9.98. The van der Waals surface area contributed by atoms with Crippen LogP contribution >= 0.6 is 0 Å². The molecule has 0 aliphatic carbocycles. The Labute approximate surface area is 158 Å². The predicted octanol–water partition coefficient (Wildman–Crippen LogP) is 2.94. The molecular formula is C21H22N4O2. The van der Waals surface area contributed by atoms with Gasteiger partial charge >= 0.3 is 6.03 Å². The number of para-hydroxylation sites is 1. The van der Waals surface area contributed by atoms with Crippen molar-refractivity contribution in [2.24, 2.45) is 4.99 Å². The maximum absolute atomic E-state index is 12.5. The summed E-state index contributed by atoms with van der Waals surface area (Å²) < 4.78 is 0. The van der Waals surface area contributed by atoms with Crippen LogP contribution in [0.4, 0.5) is 10.5 Å². The molecule has 6 heteroatoms. The molecule has 2 aromatic carbocycles. The lowest BCUT2D eigenvalue weighted by Gasteiger charge is -2.37. The molecule has 138 valence electrons. The Hall–Kier alpha value is -3.15. The van der Waals surface area contributed by atoms with E-state index < -0.39 is 5.66 Å². The number of piperidine rings is 1. The number of aliphatic imine (C=N–C) groups is 1. The highest BCUT2D eigenvalue weighted by Gasteiger charge is 2.42. The minimum atomic E-state index is -0.596. The topological polar surface area (TPSA) is 73.8 Å². The summed E-state index contributed by atoms with van der Waals surface area (Å²) >= 11 is 0. The van der Waals surface area contributed by atoms with Crippen molar-refractivity contribution in [2.75, 3.05) is 18.4 Å². The molecule has 2 heterocycles. The molecule has 3 amide bonds. The van der Waals surface area contributed by atoms with Crippen LogP contribution in [-0.4, -0.2) is 41.3 Å². The number of rotatable bonds is 2. The van der Waals surface area contributed by atoms with Crippen LogP contribution < -0.4 is 10.6 Å². The molecule has 4 rings (SSSR count). The van der Waals surface area contributed by atoms with Crippen molar-refractivity contribution >= 4 is 23.3 Å². The smallest absolute Gasteiger partial charge is 0.321 e. The number of likely N-dealkylation sites (tertiary alicyclic amines) is 1. The van der Waals surface area contributed by atoms with E-state index in [9.17, 15) is 9.59 Å². The predicted molar refractivity (Wildman–Crippen MR) is 105 cm³/mol. The Morgan fingerprint density at radius 1 is 1.07 bits per heavy atom. The number of carbonyl (C=O) groups excluding carboxylic acids is 2. The van der Waals surface area contributed by atoms with Gasteiger partial charge in [0.15, 0.2) is 0 Å². The zero-order valence-electron chi connectivity index (χ0n) is 15.2. The van der Waals surface area contributed by atoms with Crippen LogP contribution in [0.2, 0.25) is 0 Å². The Bertz CT molecular complexity index is 882. The van der Waals surface area contributed by atoms with E-state index in [4.69, 9.17) is 4.99 Å². The number of nitrogens with one attached hydrogen (secondary N) is 2. The quantitative estimate of drug-likeness (QED) is 0.862. The highest BCUT2D eigenvalue weighted by molar-refractivity contribution is 6.46. The van der Waals surface area contributed by atoms with Crippen molar-refractivity contribution in [1.29, 1.82) is 0 Å². The van der Waals surface area contributed by atoms with Gasteiger partial charge in [-0.1, -0.05) is 48.0 Å². The van der Waals surface area contributed by atoms with E-state index >= 15 is 0 Å². The van der Waals surface area contributed by atoms with Crippen LogP contribution in [-0.2, 0) is 4.79 Å². The summed E-state index contributed by atoms with van der Waals surface area (Å²) in [6.07, 6.45) is 1.21. The number of hydrogen-bond donors (Lipinski definition) is 2. The molecule has 2 aliphatic heterocycles. The average Bonchev–Trinajstić information content (AvgIpc) is 2.99. The number of hydrogen-bond acceptors (Lipinski definition) is 3. The van der Waals surface area contributed by atoms with Gasteiger partial charge in [-0.15, -0.1) is 0 Å². The van der Waals surface area contributed by atoms with Crippen molar-refractivity contribution in [3.63, 3.8) is 0 Å². The monoisotopic (exact) mass is 362 g/mol. The molecule has 0 aromatic heterocycles. The van der Waals surface area contributed by atoms with Crippen LogP contribution in [0.1, 0.15) is 24.0 Å². The first-order chi connectivity index (χ1) is 13.0. The molecule has 2 aliphatic rings. The first-order valence-corrected chi connectivity index (χ1v) is 9.15. The molecule has 0 atom stereocenters. The third-order valence-electron chi connectivity index (χ3n) is 5.11. The number of aryl methyl sites for hydroxylation is 1. The fourth-order valence-corrected chi connectivity index (χ4v) is 3.51. The largest absolute Gasteiger partial charge is 0.326 e. The minimum Gasteiger partial charge on any atom is -0.326 e. The molecule has 0 bridgehead atoms. The molecule has 2 N–H and O–H groups in total. The fraction of sp³-hybridized carbons (Fsp3) is 0.286. The number of nitrogens with zero attached hydrogens (tertiary/aromatic N) is 2. The SMILES string of the molecule is Cc1ccc(C2=NC3(CCN(C(=O)Nc4ccccc4)CC3)NC2=O)cc1. The van der Waals surface area contributed by atoms with Gasteiger partial charge < -0.3 is 15.5 Å². The molecule has 6 nitrogen and oxygen atoms in total. The van der Waals surface area contributed by atoms with Gasteiger partial charge in [0.1, 0.15) is 11.4 Å². The van der Waals surface area contributed by atoms with E-state index in [0.717, 1.165) is 16.8 Å². The van der Waals surface area contributed by atoms with Crippen LogP contribution in [0.15, 0.2) is 59.6 Å². The summed E-state index contributed by atoms with van der Waals surface area (Å²) in [5.41, 5.74) is 2.64. The summed E-state index contributed by atoms with van der Waals surface area (Å²) in [5.74, 6) is -0.138. The van der Waals surface area contributed by atoms with E-state index in [2.05, 4.69) is 10.6 Å². The summed E-state index contributed by atoms with van der Waals surface area (Å²) in [6.45, 7) is 3.10. The zero-order chi connectivity index (χ0) is 18.9. The number of carbonyl (C=O) groups is 2. The highest BCUT2D eigenvalue weighted by Crippen LogP contribution is 2.29. The van der Waals surface area contributed by atoms with Crippen molar-refractivity contribution < 1.29 is 9.59 Å². The molecule has 0 unspecified atom stereocenters. The summed E-state index contributed by atoms with van der Waals surface area (Å²) in [6, 6.07) is 17.1. The molecule has 2 aromatic rings. The van der Waals surface area contributed by atoms with Gasteiger partial charge in [0, 0.05) is 37.2 Å². The molecule has 1 fully saturated rings. The van der Waals surface area contributed by atoms with Crippen molar-refractivity contribution in [3.05, 3.63) is 65.7 Å². The Morgan fingerprint density at radius 3 is 2.41 bits per heavy atom. The fourth-order valence-electron chi connectivity index (χ4n) is 3.51. The Balaban J connectivity index is 1.43. The van der Waals surface area contributed by atoms with E-state index in [0.29, 0.717) is 31.6 Å². The lowest BCUT2D eigenvalue weighted by Crippen LogP contribution is -2.53. The van der Waals surface area contributed by atoms with Gasteiger partial charge in [0.2, 0.25) is 0 Å². The van der Waals surface area contributed by atoms with Crippen molar-refractivity contribution in [3.8, 4) is 0 Å². The first-order valence-electron chi connectivity index (χ1n) is 9.15. The number of anilines is 1.